The summed E-state index contributed by atoms with van der Waals surface area (Å²) in [4.78, 5) is 12.9. The van der Waals surface area contributed by atoms with Crippen molar-refractivity contribution in [2.75, 3.05) is 5.32 Å². The van der Waals surface area contributed by atoms with Crippen LogP contribution >= 0.6 is 11.8 Å². The number of carbonyl (C=O) groups is 1. The highest BCUT2D eigenvalue weighted by Crippen LogP contribution is 2.29. The van der Waals surface area contributed by atoms with Gasteiger partial charge < -0.3 is 10.1 Å². The lowest BCUT2D eigenvalue weighted by Crippen LogP contribution is -2.24. The fourth-order valence-electron chi connectivity index (χ4n) is 3.24. The van der Waals surface area contributed by atoms with Crippen LogP contribution in [0.15, 0.2) is 66.3 Å². The summed E-state index contributed by atoms with van der Waals surface area (Å²) in [7, 11) is 0. The van der Waals surface area contributed by atoms with Crippen molar-refractivity contribution in [3.8, 4) is 5.75 Å². The number of para-hydroxylation sites is 2. The van der Waals surface area contributed by atoms with E-state index in [2.05, 4.69) is 35.9 Å². The maximum Gasteiger partial charge on any atom is 0.237 e. The van der Waals surface area contributed by atoms with E-state index in [0.29, 0.717) is 23.4 Å². The predicted octanol–water partition coefficient (Wildman–Crippen LogP) is 5.82. The number of anilines is 1. The molecule has 1 amide bonds. The third-order valence-corrected chi connectivity index (χ3v) is 6.39. The zero-order valence-corrected chi connectivity index (χ0v) is 19.9. The highest BCUT2D eigenvalue weighted by Gasteiger charge is 2.21. The Morgan fingerprint density at radius 3 is 2.67 bits per heavy atom. The van der Waals surface area contributed by atoms with Crippen molar-refractivity contribution in [3.63, 3.8) is 0 Å². The van der Waals surface area contributed by atoms with Gasteiger partial charge in [-0.1, -0.05) is 62.0 Å². The number of amides is 1. The first-order valence-corrected chi connectivity index (χ1v) is 11.8. The van der Waals surface area contributed by atoms with E-state index in [1.54, 1.807) is 24.3 Å². The summed E-state index contributed by atoms with van der Waals surface area (Å²) in [5.41, 5.74) is 1.95. The summed E-state index contributed by atoms with van der Waals surface area (Å²) in [6, 6.07) is 14.1. The van der Waals surface area contributed by atoms with E-state index in [1.807, 2.05) is 35.8 Å². The summed E-state index contributed by atoms with van der Waals surface area (Å²) in [5, 5.41) is 11.6. The minimum atomic E-state index is -0.440. The Bertz CT molecular complexity index is 1100. The molecule has 2 atom stereocenters. The summed E-state index contributed by atoms with van der Waals surface area (Å²) in [6.45, 7) is 10.4. The molecule has 0 aliphatic rings. The number of hydrogen-bond donors (Lipinski definition) is 1. The molecule has 1 heterocycles. The number of ether oxygens (including phenoxy) is 1. The monoisotopic (exact) mass is 468 g/mol. The predicted molar refractivity (Wildman–Crippen MR) is 130 cm³/mol. The van der Waals surface area contributed by atoms with Crippen LogP contribution in [0.5, 0.6) is 5.75 Å². The van der Waals surface area contributed by atoms with E-state index in [4.69, 9.17) is 4.74 Å². The molecular weight excluding hydrogens is 439 g/mol. The van der Waals surface area contributed by atoms with Gasteiger partial charge in [-0.3, -0.25) is 9.36 Å². The normalized spacial score (nSPS) is 12.7. The molecule has 0 bridgehead atoms. The minimum absolute atomic E-state index is 0.0468. The van der Waals surface area contributed by atoms with Crippen LogP contribution in [-0.2, 0) is 17.9 Å². The standard InChI is InChI=1S/C25H29FN4O2S/c1-5-15-30-23(16-32-22-14-10-8-12-20(22)26)28-29-25(30)33-18(4)24(31)27-21-13-9-7-11-19(21)17(3)6-2/h5,7-14,17-18H,1,6,15-16H2,2-4H3,(H,27,31). The molecule has 0 spiro atoms. The number of rotatable bonds is 11. The van der Waals surface area contributed by atoms with Crippen molar-refractivity contribution in [2.45, 2.75) is 56.7 Å². The van der Waals surface area contributed by atoms with Crippen LogP contribution in [0.2, 0.25) is 0 Å². The van der Waals surface area contributed by atoms with Crippen LogP contribution in [0.1, 0.15) is 44.5 Å². The zero-order valence-electron chi connectivity index (χ0n) is 19.1. The second-order valence-corrected chi connectivity index (χ2v) is 8.97. The number of nitrogens with one attached hydrogen (secondary N) is 1. The Morgan fingerprint density at radius 2 is 1.94 bits per heavy atom. The molecule has 174 valence electrons. The number of aromatic nitrogens is 3. The highest BCUT2D eigenvalue weighted by molar-refractivity contribution is 8.00. The summed E-state index contributed by atoms with van der Waals surface area (Å²) in [5.74, 6) is 0.457. The Kier molecular flexibility index (Phi) is 8.65. The van der Waals surface area contributed by atoms with Crippen LogP contribution in [0.25, 0.3) is 0 Å². The van der Waals surface area contributed by atoms with Crippen LogP contribution in [0.3, 0.4) is 0 Å². The lowest BCUT2D eigenvalue weighted by molar-refractivity contribution is -0.115. The first kappa shape index (κ1) is 24.5. The molecule has 1 N–H and O–H groups in total. The lowest BCUT2D eigenvalue weighted by atomic mass is 9.97. The molecule has 0 radical (unpaired) electrons. The molecule has 6 nitrogen and oxygen atoms in total. The molecule has 2 aromatic carbocycles. The number of nitrogens with zero attached hydrogens (tertiary/aromatic N) is 3. The van der Waals surface area contributed by atoms with Gasteiger partial charge in [-0.15, -0.1) is 16.8 Å². The Labute approximate surface area is 198 Å². The van der Waals surface area contributed by atoms with Gasteiger partial charge in [0, 0.05) is 12.2 Å². The van der Waals surface area contributed by atoms with Gasteiger partial charge in [-0.05, 0) is 43.0 Å². The molecule has 0 saturated heterocycles. The molecule has 1 aromatic heterocycles. The van der Waals surface area contributed by atoms with E-state index < -0.39 is 11.1 Å². The topological polar surface area (TPSA) is 69.0 Å². The van der Waals surface area contributed by atoms with Crippen LogP contribution in [-0.4, -0.2) is 25.9 Å². The second-order valence-electron chi connectivity index (χ2n) is 7.66. The molecule has 8 heteroatoms. The largest absolute Gasteiger partial charge is 0.483 e. The van der Waals surface area contributed by atoms with Crippen molar-refractivity contribution in [2.24, 2.45) is 0 Å². The average Bonchev–Trinajstić information content (AvgIpc) is 3.19. The molecule has 3 aromatic rings. The fraction of sp³-hybridized carbons (Fsp3) is 0.320. The number of allylic oxidation sites excluding steroid dienone is 1. The zero-order chi connectivity index (χ0) is 23.8. The van der Waals surface area contributed by atoms with E-state index in [9.17, 15) is 9.18 Å². The van der Waals surface area contributed by atoms with Crippen LogP contribution < -0.4 is 10.1 Å². The molecule has 0 saturated carbocycles. The number of halogens is 1. The Morgan fingerprint density at radius 1 is 1.21 bits per heavy atom. The van der Waals surface area contributed by atoms with Crippen LogP contribution in [0.4, 0.5) is 10.1 Å². The maximum absolute atomic E-state index is 13.9. The van der Waals surface area contributed by atoms with Gasteiger partial charge in [0.15, 0.2) is 22.5 Å². The van der Waals surface area contributed by atoms with Crippen molar-refractivity contribution < 1.29 is 13.9 Å². The van der Waals surface area contributed by atoms with Crippen LogP contribution in [0, 0.1) is 5.82 Å². The Hall–Kier alpha value is -3.13. The van der Waals surface area contributed by atoms with E-state index >= 15 is 0 Å². The SMILES string of the molecule is C=CCn1c(COc2ccccc2F)nnc1SC(C)C(=O)Nc1ccccc1C(C)CC. The van der Waals surface area contributed by atoms with Crippen molar-refractivity contribution in [1.82, 2.24) is 14.8 Å². The van der Waals surface area contributed by atoms with Crippen molar-refractivity contribution in [1.29, 1.82) is 0 Å². The summed E-state index contributed by atoms with van der Waals surface area (Å²) in [6.07, 6.45) is 2.70. The average molecular weight is 469 g/mol. The van der Waals surface area contributed by atoms with Crippen molar-refractivity contribution in [3.05, 3.63) is 78.4 Å². The second kappa shape index (κ2) is 11.7. The van der Waals surface area contributed by atoms with E-state index in [0.717, 1.165) is 17.7 Å². The molecule has 3 rings (SSSR count). The smallest absolute Gasteiger partial charge is 0.237 e. The first-order valence-electron chi connectivity index (χ1n) is 10.9. The van der Waals surface area contributed by atoms with Gasteiger partial charge >= 0.3 is 0 Å². The van der Waals surface area contributed by atoms with Gasteiger partial charge in [0.1, 0.15) is 6.61 Å². The van der Waals surface area contributed by atoms with Gasteiger partial charge in [-0.25, -0.2) is 4.39 Å². The highest BCUT2D eigenvalue weighted by atomic mass is 32.2. The molecule has 2 unspecified atom stereocenters. The van der Waals surface area contributed by atoms with E-state index in [1.165, 1.54) is 17.8 Å². The number of benzene rings is 2. The third-order valence-electron chi connectivity index (χ3n) is 5.31. The van der Waals surface area contributed by atoms with E-state index in [-0.39, 0.29) is 18.3 Å². The maximum atomic E-state index is 13.9. The summed E-state index contributed by atoms with van der Waals surface area (Å²) >= 11 is 1.30. The third kappa shape index (κ3) is 6.22. The molecule has 0 aliphatic heterocycles. The quantitative estimate of drug-likeness (QED) is 0.284. The van der Waals surface area contributed by atoms with Crippen molar-refractivity contribution >= 4 is 23.4 Å². The summed E-state index contributed by atoms with van der Waals surface area (Å²) < 4.78 is 21.2. The number of carbonyl (C=O) groups excluding carboxylic acids is 1. The van der Waals surface area contributed by atoms with Gasteiger partial charge in [0.25, 0.3) is 0 Å². The van der Waals surface area contributed by atoms with Gasteiger partial charge in [0.05, 0.1) is 5.25 Å². The minimum Gasteiger partial charge on any atom is -0.483 e. The van der Waals surface area contributed by atoms with Gasteiger partial charge in [0.2, 0.25) is 5.91 Å². The molecule has 0 aliphatic carbocycles. The van der Waals surface area contributed by atoms with Gasteiger partial charge in [-0.2, -0.15) is 0 Å². The Balaban J connectivity index is 1.70. The number of thioether (sulfide) groups is 1. The first-order chi connectivity index (χ1) is 15.9. The molecular formula is C25H29FN4O2S. The molecule has 0 fully saturated rings. The number of hydrogen-bond acceptors (Lipinski definition) is 5. The fourth-order valence-corrected chi connectivity index (χ4v) is 4.11. The molecule has 33 heavy (non-hydrogen) atoms. The lowest BCUT2D eigenvalue weighted by Gasteiger charge is -2.17.